The van der Waals surface area contributed by atoms with Crippen LogP contribution in [-0.2, 0) is 16.6 Å². The first kappa shape index (κ1) is 15.6. The topological polar surface area (TPSA) is 79.3 Å². The van der Waals surface area contributed by atoms with Crippen LogP contribution in [0.5, 0.6) is 0 Å². The van der Waals surface area contributed by atoms with Crippen molar-refractivity contribution in [2.45, 2.75) is 30.9 Å². The Kier molecular flexibility index (Phi) is 5.06. The number of pyridine rings is 1. The van der Waals surface area contributed by atoms with Gasteiger partial charge in [-0.2, -0.15) is 0 Å². The fourth-order valence-corrected chi connectivity index (χ4v) is 2.96. The lowest BCUT2D eigenvalue weighted by atomic mass is 10.1. The van der Waals surface area contributed by atoms with Crippen LogP contribution < -0.4 is 4.72 Å². The van der Waals surface area contributed by atoms with Crippen molar-refractivity contribution < 1.29 is 13.5 Å². The first-order valence-corrected chi connectivity index (χ1v) is 8.18. The van der Waals surface area contributed by atoms with Crippen LogP contribution >= 0.6 is 0 Å². The Balaban J connectivity index is 2.16. The maximum absolute atomic E-state index is 12.3. The Morgan fingerprint density at radius 1 is 1.24 bits per heavy atom. The molecule has 112 valence electrons. The summed E-state index contributed by atoms with van der Waals surface area (Å²) >= 11 is 0. The molecular formula is C15H18N2O3S. The maximum atomic E-state index is 12.3. The summed E-state index contributed by atoms with van der Waals surface area (Å²) in [6.45, 7) is 2.04. The maximum Gasteiger partial charge on any atom is 0.240 e. The molecule has 1 aromatic carbocycles. The van der Waals surface area contributed by atoms with Gasteiger partial charge in [-0.1, -0.05) is 19.1 Å². The Morgan fingerprint density at radius 3 is 2.62 bits per heavy atom. The molecular weight excluding hydrogens is 288 g/mol. The van der Waals surface area contributed by atoms with Gasteiger partial charge in [0.1, 0.15) is 0 Å². The number of nitrogens with zero attached hydrogens (tertiary/aromatic N) is 1. The lowest BCUT2D eigenvalue weighted by Gasteiger charge is -2.11. The van der Waals surface area contributed by atoms with Gasteiger partial charge in [-0.15, -0.1) is 0 Å². The first-order chi connectivity index (χ1) is 10.0. The Hall–Kier alpha value is -1.76. The summed E-state index contributed by atoms with van der Waals surface area (Å²) in [4.78, 5) is 4.04. The number of sulfonamides is 1. The van der Waals surface area contributed by atoms with Crippen molar-refractivity contribution in [3.63, 3.8) is 0 Å². The van der Waals surface area contributed by atoms with E-state index in [9.17, 15) is 13.5 Å². The van der Waals surface area contributed by atoms with Gasteiger partial charge >= 0.3 is 0 Å². The normalized spacial score (nSPS) is 13.0. The van der Waals surface area contributed by atoms with Crippen LogP contribution in [0.15, 0.2) is 53.7 Å². The molecule has 1 atom stereocenters. The summed E-state index contributed by atoms with van der Waals surface area (Å²) in [5.74, 6) is 0. The van der Waals surface area contributed by atoms with Crippen LogP contribution in [0.1, 0.15) is 30.6 Å². The zero-order valence-corrected chi connectivity index (χ0v) is 12.5. The highest BCUT2D eigenvalue weighted by atomic mass is 32.2. The van der Waals surface area contributed by atoms with Crippen molar-refractivity contribution in [3.05, 3.63) is 59.9 Å². The van der Waals surface area contributed by atoms with Crippen molar-refractivity contribution in [2.24, 2.45) is 0 Å². The van der Waals surface area contributed by atoms with E-state index in [2.05, 4.69) is 9.71 Å². The van der Waals surface area contributed by atoms with Crippen molar-refractivity contribution in [2.75, 3.05) is 0 Å². The van der Waals surface area contributed by atoms with Crippen LogP contribution in [0.2, 0.25) is 0 Å². The molecule has 21 heavy (non-hydrogen) atoms. The molecule has 0 amide bonds. The number of hydrogen-bond acceptors (Lipinski definition) is 4. The number of aliphatic hydroxyl groups is 1. The lowest BCUT2D eigenvalue weighted by Crippen LogP contribution is -2.23. The van der Waals surface area contributed by atoms with E-state index in [0.717, 1.165) is 5.56 Å². The smallest absolute Gasteiger partial charge is 0.240 e. The molecule has 0 saturated carbocycles. The van der Waals surface area contributed by atoms with Gasteiger partial charge in [0.2, 0.25) is 10.0 Å². The SMILES string of the molecule is CCC(O)c1cccc(S(=O)(=O)NCc2ccncc2)c1. The van der Waals surface area contributed by atoms with Gasteiger partial charge in [-0.05, 0) is 41.8 Å². The number of nitrogens with one attached hydrogen (secondary N) is 1. The Morgan fingerprint density at radius 2 is 1.95 bits per heavy atom. The zero-order chi connectivity index (χ0) is 15.3. The van der Waals surface area contributed by atoms with Crippen LogP contribution in [0, 0.1) is 0 Å². The number of rotatable bonds is 6. The molecule has 0 aliphatic heterocycles. The molecule has 6 heteroatoms. The minimum Gasteiger partial charge on any atom is -0.388 e. The van der Waals surface area contributed by atoms with E-state index in [1.165, 1.54) is 12.1 Å². The third kappa shape index (κ3) is 4.10. The van der Waals surface area contributed by atoms with E-state index in [1.54, 1.807) is 36.7 Å². The van der Waals surface area contributed by atoms with Gasteiger partial charge in [0.15, 0.2) is 0 Å². The van der Waals surface area contributed by atoms with E-state index in [-0.39, 0.29) is 11.4 Å². The van der Waals surface area contributed by atoms with E-state index >= 15 is 0 Å². The zero-order valence-electron chi connectivity index (χ0n) is 11.7. The van der Waals surface area contributed by atoms with Crippen LogP contribution in [0.3, 0.4) is 0 Å². The molecule has 0 radical (unpaired) electrons. The molecule has 2 N–H and O–H groups in total. The van der Waals surface area contributed by atoms with Gasteiger partial charge in [0, 0.05) is 18.9 Å². The molecule has 5 nitrogen and oxygen atoms in total. The molecule has 1 heterocycles. The average molecular weight is 306 g/mol. The predicted molar refractivity (Wildman–Crippen MR) is 80.0 cm³/mol. The number of aromatic nitrogens is 1. The number of hydrogen-bond donors (Lipinski definition) is 2. The van der Waals surface area contributed by atoms with Crippen LogP contribution in [-0.4, -0.2) is 18.5 Å². The second-order valence-electron chi connectivity index (χ2n) is 4.68. The summed E-state index contributed by atoms with van der Waals surface area (Å²) in [5.41, 5.74) is 1.43. The molecule has 0 saturated heterocycles. The van der Waals surface area contributed by atoms with Gasteiger partial charge in [-0.3, -0.25) is 4.98 Å². The summed E-state index contributed by atoms with van der Waals surface area (Å²) in [6, 6.07) is 9.87. The molecule has 0 spiro atoms. The van der Waals surface area contributed by atoms with Gasteiger partial charge in [0.25, 0.3) is 0 Å². The van der Waals surface area contributed by atoms with Gasteiger partial charge in [0.05, 0.1) is 11.0 Å². The van der Waals surface area contributed by atoms with Gasteiger partial charge in [-0.25, -0.2) is 13.1 Å². The highest BCUT2D eigenvalue weighted by Crippen LogP contribution is 2.19. The summed E-state index contributed by atoms with van der Waals surface area (Å²) in [5, 5.41) is 9.81. The highest BCUT2D eigenvalue weighted by Gasteiger charge is 2.15. The largest absolute Gasteiger partial charge is 0.388 e. The van der Waals surface area contributed by atoms with E-state index in [1.807, 2.05) is 6.92 Å². The summed E-state index contributed by atoms with van der Waals surface area (Å²) in [6.07, 6.45) is 3.11. The molecule has 0 aliphatic rings. The van der Waals surface area contributed by atoms with E-state index in [0.29, 0.717) is 12.0 Å². The van der Waals surface area contributed by atoms with Crippen LogP contribution in [0.4, 0.5) is 0 Å². The first-order valence-electron chi connectivity index (χ1n) is 6.69. The molecule has 0 fully saturated rings. The second-order valence-corrected chi connectivity index (χ2v) is 6.44. The van der Waals surface area contributed by atoms with Crippen LogP contribution in [0.25, 0.3) is 0 Å². The highest BCUT2D eigenvalue weighted by molar-refractivity contribution is 7.89. The molecule has 2 aromatic rings. The molecule has 1 aromatic heterocycles. The summed E-state index contributed by atoms with van der Waals surface area (Å²) in [7, 11) is -3.60. The third-order valence-electron chi connectivity index (χ3n) is 3.16. The van der Waals surface area contributed by atoms with Crippen molar-refractivity contribution >= 4 is 10.0 Å². The standard InChI is InChI=1S/C15H18N2O3S/c1-2-15(18)13-4-3-5-14(10-13)21(19,20)17-11-12-6-8-16-9-7-12/h3-10,15,17-18H,2,11H2,1H3. The third-order valence-corrected chi connectivity index (χ3v) is 4.55. The minimum atomic E-state index is -3.60. The number of benzene rings is 1. The number of aliphatic hydroxyl groups excluding tert-OH is 1. The average Bonchev–Trinajstić information content (AvgIpc) is 2.53. The van der Waals surface area contributed by atoms with Crippen molar-refractivity contribution in [3.8, 4) is 0 Å². The lowest BCUT2D eigenvalue weighted by molar-refractivity contribution is 0.173. The van der Waals surface area contributed by atoms with Crippen molar-refractivity contribution in [1.29, 1.82) is 0 Å². The summed E-state index contributed by atoms with van der Waals surface area (Å²) < 4.78 is 27.1. The quantitative estimate of drug-likeness (QED) is 0.855. The predicted octanol–water partition coefficient (Wildman–Crippen LogP) is 2.00. The molecule has 0 aliphatic carbocycles. The minimum absolute atomic E-state index is 0.154. The van der Waals surface area contributed by atoms with E-state index in [4.69, 9.17) is 0 Å². The Bertz CT molecular complexity index is 687. The Labute approximate surface area is 124 Å². The van der Waals surface area contributed by atoms with Gasteiger partial charge < -0.3 is 5.11 Å². The monoisotopic (exact) mass is 306 g/mol. The van der Waals surface area contributed by atoms with Crippen molar-refractivity contribution in [1.82, 2.24) is 9.71 Å². The molecule has 2 rings (SSSR count). The van der Waals surface area contributed by atoms with E-state index < -0.39 is 16.1 Å². The second kappa shape index (κ2) is 6.80. The fourth-order valence-electron chi connectivity index (χ4n) is 1.89. The fraction of sp³-hybridized carbons (Fsp3) is 0.267. The molecule has 1 unspecified atom stereocenters. The molecule has 0 bridgehead atoms.